The molecule has 0 bridgehead atoms. The molecule has 1 saturated heterocycles. The molecule has 6 nitrogen and oxygen atoms in total. The summed E-state index contributed by atoms with van der Waals surface area (Å²) in [5, 5.41) is 4.90. The van der Waals surface area contributed by atoms with Crippen molar-refractivity contribution in [1.82, 2.24) is 19.5 Å². The number of halogens is 3. The van der Waals surface area contributed by atoms with Crippen LogP contribution < -0.4 is 10.5 Å². The molecule has 1 fully saturated rings. The van der Waals surface area contributed by atoms with Gasteiger partial charge in [-0.25, -0.2) is 4.98 Å². The topological polar surface area (TPSA) is 53.7 Å². The van der Waals surface area contributed by atoms with Crippen molar-refractivity contribution in [2.24, 2.45) is 0 Å². The number of rotatable bonds is 3. The van der Waals surface area contributed by atoms with Crippen LogP contribution in [0.25, 0.3) is 4.96 Å². The lowest BCUT2D eigenvalue weighted by Crippen LogP contribution is -2.46. The third-order valence-corrected chi connectivity index (χ3v) is 5.52. The third kappa shape index (κ3) is 3.88. The summed E-state index contributed by atoms with van der Waals surface area (Å²) in [5.41, 5.74) is 0.422. The molecule has 0 spiro atoms. The molecule has 1 aromatic carbocycles. The number of alkyl halides is 3. The van der Waals surface area contributed by atoms with Crippen LogP contribution in [0.4, 0.5) is 18.9 Å². The summed E-state index contributed by atoms with van der Waals surface area (Å²) in [5.74, 6) is 0. The second-order valence-electron chi connectivity index (χ2n) is 6.71. The SMILES string of the molecule is Cc1nn2c(=O)cc(CN3CCN(c4cccc(C(F)(F)F)c4)CC3)nc2s1. The number of benzene rings is 1. The molecule has 28 heavy (non-hydrogen) atoms. The predicted octanol–water partition coefficient (Wildman–Crippen LogP) is 2.80. The van der Waals surface area contributed by atoms with Gasteiger partial charge in [-0.05, 0) is 25.1 Å². The summed E-state index contributed by atoms with van der Waals surface area (Å²) in [6.07, 6.45) is -4.34. The van der Waals surface area contributed by atoms with Gasteiger partial charge in [0.15, 0.2) is 0 Å². The van der Waals surface area contributed by atoms with Crippen LogP contribution in [-0.2, 0) is 12.7 Å². The average molecular weight is 409 g/mol. The Bertz CT molecular complexity index is 1050. The van der Waals surface area contributed by atoms with Gasteiger partial charge in [-0.15, -0.1) is 0 Å². The first-order valence-electron chi connectivity index (χ1n) is 8.80. The van der Waals surface area contributed by atoms with E-state index in [0.717, 1.165) is 11.1 Å². The first kappa shape index (κ1) is 18.9. The molecule has 10 heteroatoms. The standard InChI is InChI=1S/C18H18F3N5OS/c1-12-23-26-16(27)10-14(22-17(26)28-12)11-24-5-7-25(8-6-24)15-4-2-3-13(9-15)18(19,20)21/h2-4,9-10H,5-8,11H2,1H3. The minimum Gasteiger partial charge on any atom is -0.369 e. The highest BCUT2D eigenvalue weighted by Crippen LogP contribution is 2.31. The van der Waals surface area contributed by atoms with E-state index in [-0.39, 0.29) is 5.56 Å². The summed E-state index contributed by atoms with van der Waals surface area (Å²) >= 11 is 1.37. The van der Waals surface area contributed by atoms with E-state index >= 15 is 0 Å². The van der Waals surface area contributed by atoms with E-state index in [9.17, 15) is 18.0 Å². The molecule has 0 unspecified atom stereocenters. The van der Waals surface area contributed by atoms with E-state index in [4.69, 9.17) is 0 Å². The van der Waals surface area contributed by atoms with Crippen molar-refractivity contribution < 1.29 is 13.2 Å². The van der Waals surface area contributed by atoms with Crippen molar-refractivity contribution in [3.8, 4) is 0 Å². The number of fused-ring (bicyclic) bond motifs is 1. The molecule has 3 aromatic rings. The van der Waals surface area contributed by atoms with E-state index in [1.54, 1.807) is 6.07 Å². The maximum Gasteiger partial charge on any atom is 0.416 e. The van der Waals surface area contributed by atoms with Gasteiger partial charge < -0.3 is 4.90 Å². The van der Waals surface area contributed by atoms with Crippen LogP contribution >= 0.6 is 11.3 Å². The summed E-state index contributed by atoms with van der Waals surface area (Å²) in [4.78, 5) is 21.3. The minimum atomic E-state index is -4.34. The molecule has 0 aliphatic carbocycles. The Labute approximate surface area is 162 Å². The number of hydrogen-bond acceptors (Lipinski definition) is 6. The van der Waals surface area contributed by atoms with E-state index < -0.39 is 11.7 Å². The monoisotopic (exact) mass is 409 g/mol. The lowest BCUT2D eigenvalue weighted by Gasteiger charge is -2.36. The highest BCUT2D eigenvalue weighted by atomic mass is 32.1. The van der Waals surface area contributed by atoms with Gasteiger partial charge in [0.25, 0.3) is 5.56 Å². The van der Waals surface area contributed by atoms with Gasteiger partial charge in [-0.3, -0.25) is 9.69 Å². The zero-order valence-electron chi connectivity index (χ0n) is 15.1. The summed E-state index contributed by atoms with van der Waals surface area (Å²) in [7, 11) is 0. The van der Waals surface area contributed by atoms with Crippen molar-refractivity contribution in [1.29, 1.82) is 0 Å². The van der Waals surface area contributed by atoms with E-state index in [1.165, 1.54) is 34.1 Å². The Morgan fingerprint density at radius 1 is 1.14 bits per heavy atom. The van der Waals surface area contributed by atoms with E-state index in [0.29, 0.717) is 49.1 Å². The summed E-state index contributed by atoms with van der Waals surface area (Å²) < 4.78 is 40.1. The Kier molecular flexibility index (Phi) is 4.84. The molecule has 1 aliphatic rings. The molecule has 0 atom stereocenters. The van der Waals surface area contributed by atoms with Crippen LogP contribution in [0.15, 0.2) is 35.1 Å². The predicted molar refractivity (Wildman–Crippen MR) is 101 cm³/mol. The number of nitrogens with zero attached hydrogens (tertiary/aromatic N) is 5. The Balaban J connectivity index is 1.43. The number of anilines is 1. The Morgan fingerprint density at radius 3 is 2.61 bits per heavy atom. The molecule has 1 aliphatic heterocycles. The van der Waals surface area contributed by atoms with Gasteiger partial charge in [0, 0.05) is 44.5 Å². The lowest BCUT2D eigenvalue weighted by molar-refractivity contribution is -0.137. The maximum absolute atomic E-state index is 12.9. The average Bonchev–Trinajstić information content (AvgIpc) is 3.03. The molecule has 148 valence electrons. The normalized spacial score (nSPS) is 16.1. The van der Waals surface area contributed by atoms with Crippen LogP contribution in [0.5, 0.6) is 0 Å². The van der Waals surface area contributed by atoms with Crippen molar-refractivity contribution in [2.45, 2.75) is 19.6 Å². The first-order valence-corrected chi connectivity index (χ1v) is 9.62. The first-order chi connectivity index (χ1) is 13.3. The second-order valence-corrected chi connectivity index (χ2v) is 7.87. The molecule has 0 saturated carbocycles. The van der Waals surface area contributed by atoms with Gasteiger partial charge in [0.1, 0.15) is 5.01 Å². The zero-order valence-corrected chi connectivity index (χ0v) is 15.9. The van der Waals surface area contributed by atoms with Gasteiger partial charge in [0.2, 0.25) is 4.96 Å². The van der Waals surface area contributed by atoms with Crippen LogP contribution in [-0.4, -0.2) is 45.7 Å². The molecule has 2 aromatic heterocycles. The fourth-order valence-electron chi connectivity index (χ4n) is 3.31. The molecule has 0 radical (unpaired) electrons. The zero-order chi connectivity index (χ0) is 19.9. The maximum atomic E-state index is 12.9. The van der Waals surface area contributed by atoms with Gasteiger partial charge in [-0.1, -0.05) is 17.4 Å². The lowest BCUT2D eigenvalue weighted by atomic mass is 10.1. The molecular weight excluding hydrogens is 391 g/mol. The van der Waals surface area contributed by atoms with Crippen molar-refractivity contribution >= 4 is 22.0 Å². The fraction of sp³-hybridized carbons (Fsp3) is 0.389. The van der Waals surface area contributed by atoms with Gasteiger partial charge in [0.05, 0.1) is 11.3 Å². The van der Waals surface area contributed by atoms with Crippen LogP contribution in [0, 0.1) is 6.92 Å². The van der Waals surface area contributed by atoms with Crippen molar-refractivity contribution in [3.63, 3.8) is 0 Å². The second kappa shape index (κ2) is 7.17. The number of aromatic nitrogens is 3. The van der Waals surface area contributed by atoms with E-state index in [1.807, 2.05) is 11.8 Å². The Morgan fingerprint density at radius 2 is 1.89 bits per heavy atom. The fourth-order valence-corrected chi connectivity index (χ4v) is 4.07. The van der Waals surface area contributed by atoms with E-state index in [2.05, 4.69) is 15.0 Å². The highest BCUT2D eigenvalue weighted by molar-refractivity contribution is 7.16. The van der Waals surface area contributed by atoms with Crippen LogP contribution in [0.2, 0.25) is 0 Å². The minimum absolute atomic E-state index is 0.202. The molecular formula is C18H18F3N5OS. The van der Waals surface area contributed by atoms with Crippen molar-refractivity contribution in [3.05, 3.63) is 57.0 Å². The van der Waals surface area contributed by atoms with Crippen molar-refractivity contribution in [2.75, 3.05) is 31.1 Å². The molecule has 0 amide bonds. The molecule has 3 heterocycles. The van der Waals surface area contributed by atoms with Gasteiger partial charge in [-0.2, -0.15) is 22.8 Å². The third-order valence-electron chi connectivity index (χ3n) is 4.70. The number of hydrogen-bond donors (Lipinski definition) is 0. The Hall–Kier alpha value is -2.46. The number of aryl methyl sites for hydroxylation is 1. The van der Waals surface area contributed by atoms with Crippen LogP contribution in [0.3, 0.4) is 0 Å². The summed E-state index contributed by atoms with van der Waals surface area (Å²) in [6, 6.07) is 6.91. The largest absolute Gasteiger partial charge is 0.416 e. The highest BCUT2D eigenvalue weighted by Gasteiger charge is 2.31. The molecule has 4 rings (SSSR count). The summed E-state index contributed by atoms with van der Waals surface area (Å²) in [6.45, 7) is 4.94. The smallest absolute Gasteiger partial charge is 0.369 e. The van der Waals surface area contributed by atoms with Crippen LogP contribution in [0.1, 0.15) is 16.3 Å². The van der Waals surface area contributed by atoms with Gasteiger partial charge >= 0.3 is 6.18 Å². The molecule has 0 N–H and O–H groups in total. The number of piperazine rings is 1. The quantitative estimate of drug-likeness (QED) is 0.666.